The Balaban J connectivity index is 1.76. The molecule has 25 heavy (non-hydrogen) atoms. The van der Waals surface area contributed by atoms with E-state index in [1.54, 1.807) is 4.68 Å². The van der Waals surface area contributed by atoms with Crippen molar-refractivity contribution in [2.45, 2.75) is 28.8 Å². The number of pyridine rings is 1. The molecule has 2 heterocycles. The fraction of sp³-hybridized carbons (Fsp3) is 0.188. The molecule has 1 saturated carbocycles. The summed E-state index contributed by atoms with van der Waals surface area (Å²) in [5.74, 6) is -5.66. The second kappa shape index (κ2) is 6.14. The van der Waals surface area contributed by atoms with E-state index in [0.29, 0.717) is 17.6 Å². The molecule has 0 unspecified atom stereocenters. The minimum absolute atomic E-state index is 0.00792. The molecule has 3 aromatic rings. The Labute approximate surface area is 143 Å². The first-order valence-corrected chi connectivity index (χ1v) is 8.26. The van der Waals surface area contributed by atoms with E-state index < -0.39 is 28.4 Å². The van der Waals surface area contributed by atoms with Crippen LogP contribution in [0.2, 0.25) is 0 Å². The van der Waals surface area contributed by atoms with Crippen molar-refractivity contribution < 1.29 is 17.6 Å². The van der Waals surface area contributed by atoms with Crippen LogP contribution < -0.4 is 0 Å². The molecule has 0 aliphatic heterocycles. The van der Waals surface area contributed by atoms with Gasteiger partial charge in [0.2, 0.25) is 5.16 Å². The van der Waals surface area contributed by atoms with E-state index in [1.165, 1.54) is 0 Å². The van der Waals surface area contributed by atoms with Crippen molar-refractivity contribution in [2.75, 3.05) is 0 Å². The highest BCUT2D eigenvalue weighted by atomic mass is 32.2. The molecule has 0 radical (unpaired) electrons. The number of benzene rings is 1. The molecule has 1 aliphatic rings. The topological polar surface area (TPSA) is 43.6 Å². The van der Waals surface area contributed by atoms with Crippen molar-refractivity contribution >= 4 is 11.8 Å². The lowest BCUT2D eigenvalue weighted by Gasteiger charge is -2.04. The van der Waals surface area contributed by atoms with Gasteiger partial charge in [-0.15, -0.1) is 5.10 Å². The fourth-order valence-corrected chi connectivity index (χ4v) is 3.15. The molecule has 0 spiro atoms. The minimum atomic E-state index is -1.70. The lowest BCUT2D eigenvalue weighted by molar-refractivity contribution is 0.383. The average molecular weight is 366 g/mol. The molecule has 128 valence electrons. The van der Waals surface area contributed by atoms with Crippen LogP contribution in [0.25, 0.3) is 5.69 Å². The Morgan fingerprint density at radius 2 is 1.56 bits per heavy atom. The van der Waals surface area contributed by atoms with Crippen molar-refractivity contribution in [2.24, 2.45) is 0 Å². The van der Waals surface area contributed by atoms with Crippen LogP contribution in [-0.2, 0) is 0 Å². The summed E-state index contributed by atoms with van der Waals surface area (Å²) in [5, 5.41) is 4.26. The smallest absolute Gasteiger partial charge is 0.216 e. The standard InChI is InChI=1S/C16H10F4N4S/c17-10-12(11(18)14(20)21-13(10)19)25-16-22-15(8-6-7-8)24(23-16)9-4-2-1-3-5-9/h1-5,8H,6-7H2. The van der Waals surface area contributed by atoms with E-state index in [0.717, 1.165) is 18.5 Å². The van der Waals surface area contributed by atoms with Gasteiger partial charge in [-0.2, -0.15) is 13.8 Å². The van der Waals surface area contributed by atoms with Crippen LogP contribution >= 0.6 is 11.8 Å². The highest BCUT2D eigenvalue weighted by molar-refractivity contribution is 7.99. The number of aromatic nitrogens is 4. The van der Waals surface area contributed by atoms with Crippen LogP contribution in [0.3, 0.4) is 0 Å². The van der Waals surface area contributed by atoms with Crippen molar-refractivity contribution in [1.82, 2.24) is 19.7 Å². The predicted octanol–water partition coefficient (Wildman–Crippen LogP) is 4.25. The SMILES string of the molecule is Fc1nc(F)c(F)c(Sc2nc(C3CC3)n(-c3ccccc3)n2)c1F. The van der Waals surface area contributed by atoms with E-state index in [4.69, 9.17) is 0 Å². The van der Waals surface area contributed by atoms with Gasteiger partial charge in [0.15, 0.2) is 11.6 Å². The molecule has 1 aliphatic carbocycles. The van der Waals surface area contributed by atoms with E-state index >= 15 is 0 Å². The van der Waals surface area contributed by atoms with E-state index in [9.17, 15) is 17.6 Å². The number of halogens is 4. The van der Waals surface area contributed by atoms with Gasteiger partial charge in [0, 0.05) is 5.92 Å². The zero-order valence-corrected chi connectivity index (χ0v) is 13.4. The van der Waals surface area contributed by atoms with E-state index in [2.05, 4.69) is 15.1 Å². The molecular formula is C16H10F4N4S. The molecule has 0 amide bonds. The van der Waals surface area contributed by atoms with Gasteiger partial charge in [0.25, 0.3) is 11.9 Å². The van der Waals surface area contributed by atoms with Gasteiger partial charge in [-0.05, 0) is 36.7 Å². The summed E-state index contributed by atoms with van der Waals surface area (Å²) in [7, 11) is 0. The van der Waals surface area contributed by atoms with Crippen molar-refractivity contribution in [3.63, 3.8) is 0 Å². The summed E-state index contributed by atoms with van der Waals surface area (Å²) >= 11 is 0.431. The summed E-state index contributed by atoms with van der Waals surface area (Å²) in [5.41, 5.74) is 0.747. The molecule has 1 aromatic carbocycles. The fourth-order valence-electron chi connectivity index (χ4n) is 2.36. The monoisotopic (exact) mass is 366 g/mol. The summed E-state index contributed by atoms with van der Waals surface area (Å²) in [4.78, 5) is 5.99. The first-order chi connectivity index (χ1) is 12.0. The van der Waals surface area contributed by atoms with Gasteiger partial charge in [-0.25, -0.2) is 18.4 Å². The molecule has 2 aromatic heterocycles. The molecular weight excluding hydrogens is 356 g/mol. The Kier molecular flexibility index (Phi) is 3.95. The molecule has 1 fully saturated rings. The zero-order chi connectivity index (χ0) is 17.6. The van der Waals surface area contributed by atoms with Gasteiger partial charge in [-0.1, -0.05) is 18.2 Å². The van der Waals surface area contributed by atoms with E-state index in [-0.39, 0.29) is 11.1 Å². The lowest BCUT2D eigenvalue weighted by atomic mass is 10.3. The lowest BCUT2D eigenvalue weighted by Crippen LogP contribution is -2.02. The molecule has 0 atom stereocenters. The molecule has 0 N–H and O–H groups in total. The first kappa shape index (κ1) is 16.1. The normalized spacial score (nSPS) is 14.1. The third-order valence-corrected chi connectivity index (χ3v) is 4.62. The summed E-state index contributed by atoms with van der Waals surface area (Å²) in [6, 6.07) is 9.14. The van der Waals surface area contributed by atoms with Crippen LogP contribution in [0, 0.1) is 23.5 Å². The van der Waals surface area contributed by atoms with Gasteiger partial charge in [0.05, 0.1) is 10.6 Å². The van der Waals surface area contributed by atoms with Gasteiger partial charge in [0.1, 0.15) is 5.82 Å². The van der Waals surface area contributed by atoms with Crippen LogP contribution in [-0.4, -0.2) is 19.7 Å². The quantitative estimate of drug-likeness (QED) is 0.512. The average Bonchev–Trinajstić information content (AvgIpc) is 3.38. The Morgan fingerprint density at radius 3 is 2.16 bits per heavy atom. The predicted molar refractivity (Wildman–Crippen MR) is 81.5 cm³/mol. The third kappa shape index (κ3) is 2.99. The highest BCUT2D eigenvalue weighted by Gasteiger charge is 2.31. The maximum absolute atomic E-state index is 13.8. The Bertz CT molecular complexity index is 915. The molecule has 0 bridgehead atoms. The first-order valence-electron chi connectivity index (χ1n) is 7.45. The molecule has 9 heteroatoms. The van der Waals surface area contributed by atoms with Crippen LogP contribution in [0.4, 0.5) is 17.6 Å². The van der Waals surface area contributed by atoms with Gasteiger partial charge in [-0.3, -0.25) is 0 Å². The Morgan fingerprint density at radius 1 is 0.920 bits per heavy atom. The Hall–Kier alpha value is -2.42. The molecule has 4 nitrogen and oxygen atoms in total. The zero-order valence-electron chi connectivity index (χ0n) is 12.6. The van der Waals surface area contributed by atoms with Crippen LogP contribution in [0.1, 0.15) is 24.6 Å². The molecule has 4 rings (SSSR count). The summed E-state index contributed by atoms with van der Waals surface area (Å²) in [6.45, 7) is 0. The summed E-state index contributed by atoms with van der Waals surface area (Å²) < 4.78 is 55.7. The number of nitrogens with zero attached hydrogens (tertiary/aromatic N) is 4. The number of rotatable bonds is 4. The number of hydrogen-bond acceptors (Lipinski definition) is 4. The van der Waals surface area contributed by atoms with Gasteiger partial charge < -0.3 is 0 Å². The maximum atomic E-state index is 13.8. The second-order valence-electron chi connectivity index (χ2n) is 5.53. The second-order valence-corrected chi connectivity index (χ2v) is 6.50. The van der Waals surface area contributed by atoms with Crippen molar-refractivity contribution in [3.8, 4) is 5.69 Å². The molecule has 0 saturated heterocycles. The van der Waals surface area contributed by atoms with E-state index in [1.807, 2.05) is 30.3 Å². The van der Waals surface area contributed by atoms with Crippen molar-refractivity contribution in [1.29, 1.82) is 0 Å². The summed E-state index contributed by atoms with van der Waals surface area (Å²) in [6.07, 6.45) is 1.88. The van der Waals surface area contributed by atoms with Crippen molar-refractivity contribution in [3.05, 3.63) is 59.7 Å². The minimum Gasteiger partial charge on any atom is -0.216 e. The highest BCUT2D eigenvalue weighted by Crippen LogP contribution is 2.41. The van der Waals surface area contributed by atoms with Gasteiger partial charge >= 0.3 is 0 Å². The van der Waals surface area contributed by atoms with Crippen LogP contribution in [0.5, 0.6) is 0 Å². The third-order valence-electron chi connectivity index (χ3n) is 3.71. The van der Waals surface area contributed by atoms with Crippen LogP contribution in [0.15, 0.2) is 40.4 Å². The number of para-hydroxylation sites is 1. The largest absolute Gasteiger partial charge is 0.252 e. The maximum Gasteiger partial charge on any atom is 0.252 e. The number of hydrogen-bond donors (Lipinski definition) is 0.